The fourth-order valence-corrected chi connectivity index (χ4v) is 4.79. The van der Waals surface area contributed by atoms with Crippen molar-refractivity contribution in [2.45, 2.75) is 44.3 Å². The number of carbonyl (C=O) groups is 4. The molecule has 4 N–H and O–H groups in total. The van der Waals surface area contributed by atoms with Gasteiger partial charge in [0.15, 0.2) is 0 Å². The van der Waals surface area contributed by atoms with E-state index >= 15 is 0 Å². The quantitative estimate of drug-likeness (QED) is 0.648. The minimum absolute atomic E-state index is 0.119. The molecule has 1 aromatic rings. The van der Waals surface area contributed by atoms with Gasteiger partial charge < -0.3 is 11.1 Å². The number of primary amides is 1. The molecule has 3 aliphatic heterocycles. The third-order valence-electron chi connectivity index (χ3n) is 6.11. The molecule has 142 valence electrons. The minimum Gasteiger partial charge on any atom is -0.370 e. The summed E-state index contributed by atoms with van der Waals surface area (Å²) in [5.74, 6) is -3.37. The number of para-hydroxylation sites is 1. The van der Waals surface area contributed by atoms with E-state index in [1.54, 1.807) is 24.3 Å². The first-order chi connectivity index (χ1) is 12.8. The molecule has 0 bridgehead atoms. The van der Waals surface area contributed by atoms with Crippen LogP contribution in [0.4, 0.5) is 5.69 Å². The van der Waals surface area contributed by atoms with Gasteiger partial charge in [-0.15, -0.1) is 0 Å². The van der Waals surface area contributed by atoms with Crippen molar-refractivity contribution in [3.05, 3.63) is 29.8 Å². The third-order valence-corrected chi connectivity index (χ3v) is 6.11. The van der Waals surface area contributed by atoms with Crippen LogP contribution < -0.4 is 16.4 Å². The van der Waals surface area contributed by atoms with Crippen molar-refractivity contribution >= 4 is 29.3 Å². The molecule has 3 heterocycles. The molecule has 0 radical (unpaired) electrons. The average Bonchev–Trinajstić information content (AvgIpc) is 3.19. The van der Waals surface area contributed by atoms with Crippen molar-refractivity contribution in [2.24, 2.45) is 17.6 Å². The zero-order valence-corrected chi connectivity index (χ0v) is 15.2. The number of amides is 4. The van der Waals surface area contributed by atoms with Gasteiger partial charge in [0.1, 0.15) is 5.54 Å². The molecule has 27 heavy (non-hydrogen) atoms. The molecule has 5 unspecified atom stereocenters. The average molecular weight is 370 g/mol. The Kier molecular flexibility index (Phi) is 3.85. The molecule has 0 saturated carbocycles. The van der Waals surface area contributed by atoms with Gasteiger partial charge in [-0.2, -0.15) is 0 Å². The Balaban J connectivity index is 1.88. The lowest BCUT2D eigenvalue weighted by atomic mass is 9.76. The maximum Gasteiger partial charge on any atom is 0.250 e. The second-order valence-electron chi connectivity index (χ2n) is 7.54. The second kappa shape index (κ2) is 5.88. The monoisotopic (exact) mass is 370 g/mol. The lowest BCUT2D eigenvalue weighted by Crippen LogP contribution is -2.54. The Morgan fingerprint density at radius 3 is 2.63 bits per heavy atom. The van der Waals surface area contributed by atoms with E-state index in [1.165, 1.54) is 4.90 Å². The van der Waals surface area contributed by atoms with Crippen molar-refractivity contribution in [3.8, 4) is 0 Å². The molecule has 1 aromatic carbocycles. The number of imide groups is 1. The second-order valence-corrected chi connectivity index (χ2v) is 7.54. The molecular formula is C19H22N4O4. The van der Waals surface area contributed by atoms with Gasteiger partial charge in [-0.1, -0.05) is 25.1 Å². The van der Waals surface area contributed by atoms with Crippen molar-refractivity contribution < 1.29 is 19.2 Å². The van der Waals surface area contributed by atoms with Crippen molar-refractivity contribution in [2.75, 3.05) is 5.32 Å². The van der Waals surface area contributed by atoms with E-state index in [2.05, 4.69) is 10.6 Å². The number of fused-ring (bicyclic) bond motifs is 4. The smallest absolute Gasteiger partial charge is 0.250 e. The topological polar surface area (TPSA) is 122 Å². The molecule has 1 spiro atoms. The summed E-state index contributed by atoms with van der Waals surface area (Å²) in [7, 11) is 0. The summed E-state index contributed by atoms with van der Waals surface area (Å²) in [5, 5.41) is 5.97. The Morgan fingerprint density at radius 1 is 1.26 bits per heavy atom. The molecule has 2 fully saturated rings. The first-order valence-electron chi connectivity index (χ1n) is 9.16. The summed E-state index contributed by atoms with van der Waals surface area (Å²) >= 11 is 0. The van der Waals surface area contributed by atoms with Gasteiger partial charge in [0.05, 0.1) is 11.8 Å². The van der Waals surface area contributed by atoms with Crippen LogP contribution in [0, 0.1) is 11.8 Å². The molecule has 8 heteroatoms. The van der Waals surface area contributed by atoms with E-state index in [1.807, 2.05) is 13.8 Å². The molecule has 4 rings (SSSR count). The van der Waals surface area contributed by atoms with Crippen LogP contribution in [0.3, 0.4) is 0 Å². The number of nitrogens with one attached hydrogen (secondary N) is 2. The van der Waals surface area contributed by atoms with Crippen LogP contribution in [0.15, 0.2) is 24.3 Å². The Morgan fingerprint density at radius 2 is 1.96 bits per heavy atom. The fraction of sp³-hybridized carbons (Fsp3) is 0.474. The summed E-state index contributed by atoms with van der Waals surface area (Å²) in [5.41, 5.74) is 5.25. The molecule has 2 saturated heterocycles. The van der Waals surface area contributed by atoms with E-state index in [0.717, 1.165) is 0 Å². The number of hydrogen-bond donors (Lipinski definition) is 3. The zero-order chi connectivity index (χ0) is 19.5. The van der Waals surface area contributed by atoms with Gasteiger partial charge in [0.2, 0.25) is 23.6 Å². The zero-order valence-electron chi connectivity index (χ0n) is 15.2. The van der Waals surface area contributed by atoms with Gasteiger partial charge in [-0.05, 0) is 19.4 Å². The highest BCUT2D eigenvalue weighted by Gasteiger charge is 2.70. The summed E-state index contributed by atoms with van der Waals surface area (Å²) in [4.78, 5) is 52.4. The summed E-state index contributed by atoms with van der Waals surface area (Å²) in [6, 6.07) is 6.16. The van der Waals surface area contributed by atoms with Crippen LogP contribution in [0.5, 0.6) is 0 Å². The van der Waals surface area contributed by atoms with E-state index in [0.29, 0.717) is 17.7 Å². The van der Waals surface area contributed by atoms with Crippen LogP contribution in [-0.2, 0) is 24.7 Å². The van der Waals surface area contributed by atoms with Crippen LogP contribution in [-0.4, -0.2) is 40.6 Å². The number of carbonyl (C=O) groups excluding carboxylic acids is 4. The van der Waals surface area contributed by atoms with Crippen molar-refractivity contribution in [1.29, 1.82) is 0 Å². The van der Waals surface area contributed by atoms with Crippen molar-refractivity contribution in [1.82, 2.24) is 10.2 Å². The van der Waals surface area contributed by atoms with Crippen molar-refractivity contribution in [3.63, 3.8) is 0 Å². The summed E-state index contributed by atoms with van der Waals surface area (Å²) in [6.45, 7) is 3.70. The lowest BCUT2D eigenvalue weighted by Gasteiger charge is -2.30. The van der Waals surface area contributed by atoms with E-state index in [-0.39, 0.29) is 30.2 Å². The highest BCUT2D eigenvalue weighted by molar-refractivity contribution is 6.15. The normalized spacial score (nSPS) is 32.6. The predicted molar refractivity (Wildman–Crippen MR) is 96.1 cm³/mol. The van der Waals surface area contributed by atoms with Gasteiger partial charge in [0.25, 0.3) is 0 Å². The van der Waals surface area contributed by atoms with Gasteiger partial charge >= 0.3 is 0 Å². The molecule has 3 aliphatic rings. The summed E-state index contributed by atoms with van der Waals surface area (Å²) in [6.07, 6.45) is 0.492. The lowest BCUT2D eigenvalue weighted by molar-refractivity contribution is -0.145. The summed E-state index contributed by atoms with van der Waals surface area (Å²) < 4.78 is 0. The third kappa shape index (κ3) is 2.19. The van der Waals surface area contributed by atoms with Crippen LogP contribution in [0.2, 0.25) is 0 Å². The van der Waals surface area contributed by atoms with E-state index in [4.69, 9.17) is 5.73 Å². The minimum atomic E-state index is -1.36. The highest BCUT2D eigenvalue weighted by atomic mass is 16.2. The largest absolute Gasteiger partial charge is 0.370 e. The molecule has 0 aromatic heterocycles. The Labute approximate surface area is 156 Å². The first kappa shape index (κ1) is 17.7. The van der Waals surface area contributed by atoms with Gasteiger partial charge in [0, 0.05) is 29.8 Å². The SMILES string of the molecule is CCC(C)N1C(=O)C2C(CC(N)=O)NC3(C(=O)Nc4ccccc43)C2C1=O. The molecular weight excluding hydrogens is 348 g/mol. The molecule has 0 aliphatic carbocycles. The van der Waals surface area contributed by atoms with Gasteiger partial charge in [-0.3, -0.25) is 29.4 Å². The fourth-order valence-electron chi connectivity index (χ4n) is 4.79. The van der Waals surface area contributed by atoms with E-state index < -0.39 is 29.3 Å². The number of benzene rings is 1. The maximum atomic E-state index is 13.3. The first-order valence-corrected chi connectivity index (χ1v) is 9.16. The Bertz CT molecular complexity index is 869. The maximum absolute atomic E-state index is 13.3. The van der Waals surface area contributed by atoms with Crippen LogP contribution in [0.25, 0.3) is 0 Å². The number of anilines is 1. The highest BCUT2D eigenvalue weighted by Crippen LogP contribution is 2.53. The van der Waals surface area contributed by atoms with E-state index in [9.17, 15) is 19.2 Å². The molecule has 8 nitrogen and oxygen atoms in total. The molecule has 5 atom stereocenters. The number of nitrogens with two attached hydrogens (primary N) is 1. The van der Waals surface area contributed by atoms with Crippen LogP contribution in [0.1, 0.15) is 32.3 Å². The van der Waals surface area contributed by atoms with Gasteiger partial charge in [-0.25, -0.2) is 0 Å². The number of nitrogens with zero attached hydrogens (tertiary/aromatic N) is 1. The standard InChI is InChI=1S/C19H22N4O4/c1-3-9(2)23-16(25)14-12(8-13(20)24)22-19(15(14)17(23)26)10-6-4-5-7-11(10)21-18(19)27/h4-7,9,12,14-15,22H,3,8H2,1-2H3,(H2,20,24)(H,21,27). The van der Waals surface area contributed by atoms with Crippen LogP contribution >= 0.6 is 0 Å². The number of likely N-dealkylation sites (tertiary alicyclic amines) is 1. The Hall–Kier alpha value is -2.74. The predicted octanol–water partition coefficient (Wildman–Crippen LogP) is 0.0809. The number of rotatable bonds is 4. The molecule has 4 amide bonds. The number of hydrogen-bond acceptors (Lipinski definition) is 5.